The number of fused-ring (bicyclic) bond motifs is 1. The first-order valence-corrected chi connectivity index (χ1v) is 10.3. The maximum atomic E-state index is 12.2. The molecule has 0 aliphatic carbocycles. The summed E-state index contributed by atoms with van der Waals surface area (Å²) in [6.07, 6.45) is 5.65. The van der Waals surface area contributed by atoms with Gasteiger partial charge >= 0.3 is 0 Å². The molecule has 4 rings (SSSR count). The van der Waals surface area contributed by atoms with E-state index in [9.17, 15) is 4.79 Å². The fourth-order valence-corrected chi connectivity index (χ4v) is 3.90. The fourth-order valence-electron chi connectivity index (χ4n) is 3.90. The zero-order valence-corrected chi connectivity index (χ0v) is 17.5. The molecule has 3 aromatic rings. The van der Waals surface area contributed by atoms with Crippen molar-refractivity contribution < 1.29 is 4.79 Å². The number of aromatic nitrogens is 1. The second-order valence-electron chi connectivity index (χ2n) is 9.06. The number of carbonyl (C=O) groups is 1. The van der Waals surface area contributed by atoms with Crippen LogP contribution in [0.2, 0.25) is 0 Å². The van der Waals surface area contributed by atoms with Crippen molar-refractivity contribution in [1.82, 2.24) is 4.57 Å². The standard InChI is InChI=1S/C25H29N3O/c1-25(2,3)17-24(29)26-21-8-11-23-20(16-21)12-15-28(23)18-19-6-9-22(10-7-19)27-13-4-5-14-27/h4-11,13-14,16H,12,15,17-18H2,1-3H3,(H,26,29). The second-order valence-corrected chi connectivity index (χ2v) is 9.06. The summed E-state index contributed by atoms with van der Waals surface area (Å²) in [4.78, 5) is 14.6. The quantitative estimate of drug-likeness (QED) is 0.635. The Morgan fingerprint density at radius 3 is 2.45 bits per heavy atom. The number of hydrogen-bond acceptors (Lipinski definition) is 2. The monoisotopic (exact) mass is 387 g/mol. The average molecular weight is 388 g/mol. The summed E-state index contributed by atoms with van der Waals surface area (Å²) >= 11 is 0. The molecule has 0 atom stereocenters. The predicted molar refractivity (Wildman–Crippen MR) is 120 cm³/mol. The highest BCUT2D eigenvalue weighted by Gasteiger charge is 2.21. The third kappa shape index (κ3) is 4.70. The molecule has 0 bridgehead atoms. The summed E-state index contributed by atoms with van der Waals surface area (Å²) in [7, 11) is 0. The summed E-state index contributed by atoms with van der Waals surface area (Å²) in [6.45, 7) is 8.15. The molecule has 0 saturated heterocycles. The predicted octanol–water partition coefficient (Wildman–Crippen LogP) is 5.41. The van der Waals surface area contributed by atoms with Crippen LogP contribution in [0.15, 0.2) is 67.0 Å². The molecule has 1 aliphatic heterocycles. The van der Waals surface area contributed by atoms with Gasteiger partial charge in [-0.2, -0.15) is 0 Å². The van der Waals surface area contributed by atoms with Gasteiger partial charge in [-0.25, -0.2) is 0 Å². The van der Waals surface area contributed by atoms with Crippen LogP contribution in [-0.4, -0.2) is 17.0 Å². The molecule has 4 nitrogen and oxygen atoms in total. The maximum absolute atomic E-state index is 12.2. The maximum Gasteiger partial charge on any atom is 0.224 e. The molecule has 1 aliphatic rings. The van der Waals surface area contributed by atoms with Gasteiger partial charge in [-0.15, -0.1) is 0 Å². The van der Waals surface area contributed by atoms with Gasteiger partial charge in [0.05, 0.1) is 0 Å². The number of nitrogens with zero attached hydrogens (tertiary/aromatic N) is 2. The van der Waals surface area contributed by atoms with E-state index >= 15 is 0 Å². The lowest BCUT2D eigenvalue weighted by Crippen LogP contribution is -2.20. The first kappa shape index (κ1) is 19.3. The van der Waals surface area contributed by atoms with Crippen molar-refractivity contribution >= 4 is 17.3 Å². The Balaban J connectivity index is 1.42. The zero-order valence-electron chi connectivity index (χ0n) is 17.5. The van der Waals surface area contributed by atoms with E-state index in [2.05, 4.69) is 84.3 Å². The van der Waals surface area contributed by atoms with Crippen molar-refractivity contribution in [3.05, 3.63) is 78.1 Å². The number of rotatable bonds is 5. The Morgan fingerprint density at radius 1 is 1.03 bits per heavy atom. The van der Waals surface area contributed by atoms with E-state index in [1.807, 2.05) is 18.2 Å². The van der Waals surface area contributed by atoms with Gasteiger partial charge in [0.25, 0.3) is 0 Å². The van der Waals surface area contributed by atoms with Gasteiger partial charge in [-0.05, 0) is 65.4 Å². The molecule has 29 heavy (non-hydrogen) atoms. The Labute approximate surface area is 173 Å². The van der Waals surface area contributed by atoms with Crippen LogP contribution in [-0.2, 0) is 17.8 Å². The first-order valence-electron chi connectivity index (χ1n) is 10.3. The van der Waals surface area contributed by atoms with Crippen molar-refractivity contribution in [2.45, 2.75) is 40.2 Å². The van der Waals surface area contributed by atoms with E-state index in [-0.39, 0.29) is 11.3 Å². The zero-order chi connectivity index (χ0) is 20.4. The molecule has 1 aromatic heterocycles. The van der Waals surface area contributed by atoms with Gasteiger partial charge in [0.15, 0.2) is 0 Å². The smallest absolute Gasteiger partial charge is 0.224 e. The SMILES string of the molecule is CC(C)(C)CC(=O)Nc1ccc2c(c1)CCN2Cc1ccc(-n2cccc2)cc1. The molecule has 0 spiro atoms. The summed E-state index contributed by atoms with van der Waals surface area (Å²) in [5.41, 5.74) is 5.95. The van der Waals surface area contributed by atoms with E-state index in [4.69, 9.17) is 0 Å². The van der Waals surface area contributed by atoms with E-state index in [0.717, 1.165) is 25.2 Å². The summed E-state index contributed by atoms with van der Waals surface area (Å²) in [6, 6.07) is 19.1. The van der Waals surface area contributed by atoms with Crippen LogP contribution in [0.5, 0.6) is 0 Å². The van der Waals surface area contributed by atoms with Crippen molar-refractivity contribution in [2.75, 3.05) is 16.8 Å². The van der Waals surface area contributed by atoms with E-state index in [0.29, 0.717) is 6.42 Å². The average Bonchev–Trinajstić information content (AvgIpc) is 3.31. The molecular weight excluding hydrogens is 358 g/mol. The van der Waals surface area contributed by atoms with Crippen molar-refractivity contribution in [2.24, 2.45) is 5.41 Å². The number of benzene rings is 2. The second kappa shape index (κ2) is 7.78. The Kier molecular flexibility index (Phi) is 5.18. The molecule has 0 radical (unpaired) electrons. The van der Waals surface area contributed by atoms with Crippen molar-refractivity contribution in [3.63, 3.8) is 0 Å². The van der Waals surface area contributed by atoms with Crippen LogP contribution >= 0.6 is 0 Å². The Hall–Kier alpha value is -3.01. The minimum atomic E-state index is -0.00545. The molecule has 0 saturated carbocycles. The molecule has 2 heterocycles. The highest BCUT2D eigenvalue weighted by Crippen LogP contribution is 2.32. The number of anilines is 2. The van der Waals surface area contributed by atoms with Crippen LogP contribution in [0, 0.1) is 5.41 Å². The molecule has 4 heteroatoms. The lowest BCUT2D eigenvalue weighted by Gasteiger charge is -2.20. The van der Waals surface area contributed by atoms with Gasteiger partial charge in [0.1, 0.15) is 0 Å². The van der Waals surface area contributed by atoms with Gasteiger partial charge in [-0.3, -0.25) is 4.79 Å². The highest BCUT2D eigenvalue weighted by molar-refractivity contribution is 5.91. The molecular formula is C25H29N3O. The van der Waals surface area contributed by atoms with Crippen LogP contribution in [0.25, 0.3) is 5.69 Å². The number of carbonyl (C=O) groups excluding carboxylic acids is 1. The van der Waals surface area contributed by atoms with Gasteiger partial charge in [-0.1, -0.05) is 32.9 Å². The van der Waals surface area contributed by atoms with Crippen LogP contribution in [0.3, 0.4) is 0 Å². The van der Waals surface area contributed by atoms with Crippen LogP contribution < -0.4 is 10.2 Å². The lowest BCUT2D eigenvalue weighted by atomic mass is 9.92. The fraction of sp³-hybridized carbons (Fsp3) is 0.320. The largest absolute Gasteiger partial charge is 0.367 e. The topological polar surface area (TPSA) is 37.3 Å². The summed E-state index contributed by atoms with van der Waals surface area (Å²) < 4.78 is 2.12. The Morgan fingerprint density at radius 2 is 1.76 bits per heavy atom. The summed E-state index contributed by atoms with van der Waals surface area (Å²) in [5, 5.41) is 3.05. The molecule has 1 amide bonds. The first-order chi connectivity index (χ1) is 13.9. The molecule has 150 valence electrons. The molecule has 2 aromatic carbocycles. The van der Waals surface area contributed by atoms with Crippen LogP contribution in [0.1, 0.15) is 38.3 Å². The number of amides is 1. The third-order valence-electron chi connectivity index (χ3n) is 5.26. The van der Waals surface area contributed by atoms with Crippen LogP contribution in [0.4, 0.5) is 11.4 Å². The van der Waals surface area contributed by atoms with Gasteiger partial charge in [0, 0.05) is 49.0 Å². The van der Waals surface area contributed by atoms with E-state index < -0.39 is 0 Å². The van der Waals surface area contributed by atoms with Crippen molar-refractivity contribution in [1.29, 1.82) is 0 Å². The van der Waals surface area contributed by atoms with Gasteiger partial charge < -0.3 is 14.8 Å². The van der Waals surface area contributed by atoms with E-state index in [1.165, 1.54) is 22.5 Å². The van der Waals surface area contributed by atoms with E-state index in [1.54, 1.807) is 0 Å². The third-order valence-corrected chi connectivity index (χ3v) is 5.26. The number of hydrogen-bond donors (Lipinski definition) is 1. The minimum Gasteiger partial charge on any atom is -0.367 e. The molecule has 0 fully saturated rings. The highest BCUT2D eigenvalue weighted by atomic mass is 16.1. The summed E-state index contributed by atoms with van der Waals surface area (Å²) in [5.74, 6) is 0.0788. The van der Waals surface area contributed by atoms with Crippen molar-refractivity contribution in [3.8, 4) is 5.69 Å². The number of nitrogens with one attached hydrogen (secondary N) is 1. The van der Waals surface area contributed by atoms with Gasteiger partial charge in [0.2, 0.25) is 5.91 Å². The Bertz CT molecular complexity index is 982. The normalized spacial score (nSPS) is 13.4. The minimum absolute atomic E-state index is 0.00545. The lowest BCUT2D eigenvalue weighted by molar-refractivity contribution is -0.117. The molecule has 0 unspecified atom stereocenters. The molecule has 1 N–H and O–H groups in total.